The van der Waals surface area contributed by atoms with Gasteiger partial charge in [0.05, 0.1) is 16.3 Å². The normalized spacial score (nSPS) is 11.8. The van der Waals surface area contributed by atoms with Crippen molar-refractivity contribution in [1.29, 1.82) is 0 Å². The van der Waals surface area contributed by atoms with Crippen molar-refractivity contribution in [3.8, 4) is 0 Å². The molecule has 1 amide bonds. The molecule has 0 spiro atoms. The van der Waals surface area contributed by atoms with Crippen LogP contribution in [0.1, 0.15) is 12.5 Å². The molecule has 9 heteroatoms. The maximum absolute atomic E-state index is 14.4. The van der Waals surface area contributed by atoms with Gasteiger partial charge in [-0.2, -0.15) is 5.10 Å². The molecule has 0 bridgehead atoms. The summed E-state index contributed by atoms with van der Waals surface area (Å²) >= 11 is 3.37. The van der Waals surface area contributed by atoms with Crippen molar-refractivity contribution in [1.82, 2.24) is 5.43 Å². The summed E-state index contributed by atoms with van der Waals surface area (Å²) in [5, 5.41) is 4.04. The van der Waals surface area contributed by atoms with Gasteiger partial charge < -0.3 is 0 Å². The molecular formula is C22H19BrFN3O3S. The summed E-state index contributed by atoms with van der Waals surface area (Å²) in [6.07, 6.45) is 0. The summed E-state index contributed by atoms with van der Waals surface area (Å²) in [5.41, 5.74) is 3.42. The number of halogens is 2. The van der Waals surface area contributed by atoms with Crippen LogP contribution in [-0.2, 0) is 14.8 Å². The second kappa shape index (κ2) is 9.84. The standard InChI is InChI=1S/C22H19BrFN3O3S/c1-16(17-8-7-9-18(23)14-17)25-26-22(28)15-27(21-13-6-5-12-20(21)24)31(29,30)19-10-3-2-4-11-19/h2-14H,15H2,1H3,(H,26,28)/b25-16-. The van der Waals surface area contributed by atoms with Crippen molar-refractivity contribution in [2.45, 2.75) is 11.8 Å². The van der Waals surface area contributed by atoms with Gasteiger partial charge in [0.15, 0.2) is 0 Å². The number of carbonyl (C=O) groups excluding carboxylic acids is 1. The molecule has 0 atom stereocenters. The Morgan fingerprint density at radius 1 is 1.03 bits per heavy atom. The lowest BCUT2D eigenvalue weighted by Crippen LogP contribution is -2.40. The Balaban J connectivity index is 1.88. The fraction of sp³-hybridized carbons (Fsp3) is 0.0909. The van der Waals surface area contributed by atoms with Crippen molar-refractivity contribution < 1.29 is 17.6 Å². The molecule has 0 radical (unpaired) electrons. The van der Waals surface area contributed by atoms with Gasteiger partial charge in [-0.25, -0.2) is 18.2 Å². The zero-order valence-corrected chi connectivity index (χ0v) is 18.9. The minimum atomic E-state index is -4.19. The summed E-state index contributed by atoms with van der Waals surface area (Å²) in [4.78, 5) is 12.5. The van der Waals surface area contributed by atoms with Crippen LogP contribution in [-0.4, -0.2) is 26.6 Å². The quantitative estimate of drug-likeness (QED) is 0.385. The Hall–Kier alpha value is -3.04. The van der Waals surface area contributed by atoms with Gasteiger partial charge in [0.2, 0.25) is 0 Å². The molecule has 0 aliphatic heterocycles. The Bertz CT molecular complexity index is 1220. The van der Waals surface area contributed by atoms with E-state index in [0.29, 0.717) is 5.71 Å². The van der Waals surface area contributed by atoms with Gasteiger partial charge in [-0.3, -0.25) is 9.10 Å². The van der Waals surface area contributed by atoms with Crippen LogP contribution in [0.4, 0.5) is 10.1 Å². The minimum absolute atomic E-state index is 0.0557. The average Bonchev–Trinajstić information content (AvgIpc) is 2.77. The lowest BCUT2D eigenvalue weighted by Gasteiger charge is -2.24. The summed E-state index contributed by atoms with van der Waals surface area (Å²) in [5.74, 6) is -1.47. The summed E-state index contributed by atoms with van der Waals surface area (Å²) < 4.78 is 42.3. The van der Waals surface area contributed by atoms with Crippen LogP contribution in [0.15, 0.2) is 93.3 Å². The van der Waals surface area contributed by atoms with E-state index in [2.05, 4.69) is 26.5 Å². The van der Waals surface area contributed by atoms with Gasteiger partial charge in [-0.1, -0.05) is 58.4 Å². The van der Waals surface area contributed by atoms with E-state index >= 15 is 0 Å². The number of anilines is 1. The maximum Gasteiger partial charge on any atom is 0.264 e. The highest BCUT2D eigenvalue weighted by molar-refractivity contribution is 9.10. The molecule has 0 aliphatic carbocycles. The van der Waals surface area contributed by atoms with Gasteiger partial charge in [0.1, 0.15) is 12.4 Å². The fourth-order valence-electron chi connectivity index (χ4n) is 2.76. The molecule has 3 rings (SSSR count). The van der Waals surface area contributed by atoms with Crippen molar-refractivity contribution in [2.24, 2.45) is 5.10 Å². The van der Waals surface area contributed by atoms with E-state index in [1.165, 1.54) is 30.3 Å². The Morgan fingerprint density at radius 2 is 1.71 bits per heavy atom. The molecule has 3 aromatic rings. The Morgan fingerprint density at radius 3 is 2.39 bits per heavy atom. The van der Waals surface area contributed by atoms with E-state index in [1.54, 1.807) is 25.1 Å². The van der Waals surface area contributed by atoms with Crippen LogP contribution in [0.25, 0.3) is 0 Å². The van der Waals surface area contributed by atoms with Gasteiger partial charge in [-0.05, 0) is 48.9 Å². The van der Waals surface area contributed by atoms with E-state index in [0.717, 1.165) is 20.4 Å². The molecule has 0 unspecified atom stereocenters. The molecule has 1 N–H and O–H groups in total. The number of nitrogens with one attached hydrogen (secondary N) is 1. The molecule has 3 aromatic carbocycles. The molecule has 0 aliphatic rings. The zero-order chi connectivity index (χ0) is 22.4. The second-order valence-corrected chi connectivity index (χ2v) is 9.30. The highest BCUT2D eigenvalue weighted by Crippen LogP contribution is 2.26. The second-order valence-electron chi connectivity index (χ2n) is 6.52. The number of hydrazone groups is 1. The summed E-state index contributed by atoms with van der Waals surface area (Å²) in [6, 6.07) is 20.3. The van der Waals surface area contributed by atoms with E-state index in [-0.39, 0.29) is 10.6 Å². The number of hydrogen-bond donors (Lipinski definition) is 1. The van der Waals surface area contributed by atoms with E-state index in [4.69, 9.17) is 0 Å². The third-order valence-electron chi connectivity index (χ3n) is 4.33. The summed E-state index contributed by atoms with van der Waals surface area (Å²) in [7, 11) is -4.19. The fourth-order valence-corrected chi connectivity index (χ4v) is 4.61. The lowest BCUT2D eigenvalue weighted by atomic mass is 10.1. The van der Waals surface area contributed by atoms with Gasteiger partial charge >= 0.3 is 0 Å². The molecule has 0 fully saturated rings. The number of amides is 1. The average molecular weight is 504 g/mol. The first-order valence-electron chi connectivity index (χ1n) is 9.20. The van der Waals surface area contributed by atoms with Crippen molar-refractivity contribution in [3.05, 3.63) is 94.7 Å². The molecule has 31 heavy (non-hydrogen) atoms. The molecule has 0 heterocycles. The van der Waals surface area contributed by atoms with Gasteiger partial charge in [-0.15, -0.1) is 0 Å². The molecular weight excluding hydrogens is 485 g/mol. The molecule has 6 nitrogen and oxygen atoms in total. The largest absolute Gasteiger partial charge is 0.271 e. The smallest absolute Gasteiger partial charge is 0.264 e. The monoisotopic (exact) mass is 503 g/mol. The number of rotatable bonds is 7. The van der Waals surface area contributed by atoms with Gasteiger partial charge in [0.25, 0.3) is 15.9 Å². The lowest BCUT2D eigenvalue weighted by molar-refractivity contribution is -0.119. The van der Waals surface area contributed by atoms with Crippen LogP contribution in [0.5, 0.6) is 0 Å². The van der Waals surface area contributed by atoms with Crippen LogP contribution in [0.3, 0.4) is 0 Å². The molecule has 160 valence electrons. The maximum atomic E-state index is 14.4. The number of carbonyl (C=O) groups is 1. The van der Waals surface area contributed by atoms with Crippen LogP contribution < -0.4 is 9.73 Å². The number of sulfonamides is 1. The highest BCUT2D eigenvalue weighted by atomic mass is 79.9. The minimum Gasteiger partial charge on any atom is -0.271 e. The number of benzene rings is 3. The molecule has 0 aromatic heterocycles. The topological polar surface area (TPSA) is 78.8 Å². The first-order valence-corrected chi connectivity index (χ1v) is 11.4. The first kappa shape index (κ1) is 22.6. The van der Waals surface area contributed by atoms with E-state index < -0.39 is 28.3 Å². The van der Waals surface area contributed by atoms with Crippen LogP contribution >= 0.6 is 15.9 Å². The number of para-hydroxylation sites is 1. The first-order chi connectivity index (χ1) is 14.8. The van der Waals surface area contributed by atoms with Crippen molar-refractivity contribution >= 4 is 43.3 Å². The van der Waals surface area contributed by atoms with Crippen LogP contribution in [0.2, 0.25) is 0 Å². The molecule has 0 saturated carbocycles. The molecule has 0 saturated heterocycles. The van der Waals surface area contributed by atoms with Crippen LogP contribution in [0, 0.1) is 5.82 Å². The van der Waals surface area contributed by atoms with E-state index in [1.807, 2.05) is 24.3 Å². The SMILES string of the molecule is C/C(=N/NC(=O)CN(c1ccccc1F)S(=O)(=O)c1ccccc1)c1cccc(Br)c1. The van der Waals surface area contributed by atoms with Gasteiger partial charge in [0, 0.05) is 4.47 Å². The predicted octanol–water partition coefficient (Wildman–Crippen LogP) is 4.32. The van der Waals surface area contributed by atoms with Crippen molar-refractivity contribution in [3.63, 3.8) is 0 Å². The number of hydrogen-bond acceptors (Lipinski definition) is 4. The predicted molar refractivity (Wildman–Crippen MR) is 122 cm³/mol. The van der Waals surface area contributed by atoms with E-state index in [9.17, 15) is 17.6 Å². The Labute approximate surface area is 188 Å². The number of nitrogens with zero attached hydrogens (tertiary/aromatic N) is 2. The third kappa shape index (κ3) is 5.56. The third-order valence-corrected chi connectivity index (χ3v) is 6.60. The summed E-state index contributed by atoms with van der Waals surface area (Å²) in [6.45, 7) is 1.06. The van der Waals surface area contributed by atoms with Crippen molar-refractivity contribution in [2.75, 3.05) is 10.8 Å². The Kier molecular flexibility index (Phi) is 7.19. The highest BCUT2D eigenvalue weighted by Gasteiger charge is 2.29. The zero-order valence-electron chi connectivity index (χ0n) is 16.5.